The lowest BCUT2D eigenvalue weighted by Gasteiger charge is -2.35. The quantitative estimate of drug-likeness (QED) is 0.684. The summed E-state index contributed by atoms with van der Waals surface area (Å²) in [6.07, 6.45) is 8.27. The van der Waals surface area contributed by atoms with Gasteiger partial charge in [0.1, 0.15) is 0 Å². The Morgan fingerprint density at radius 2 is 1.74 bits per heavy atom. The molecule has 0 N–H and O–H groups in total. The highest BCUT2D eigenvalue weighted by Gasteiger charge is 2.33. The van der Waals surface area contributed by atoms with Crippen molar-refractivity contribution in [3.63, 3.8) is 0 Å². The molecule has 112 valence electrons. The van der Waals surface area contributed by atoms with Gasteiger partial charge in [-0.2, -0.15) is 0 Å². The molecule has 0 bridgehead atoms. The Bertz CT molecular complexity index is 251. The number of nitrogens with zero attached hydrogens (tertiary/aromatic N) is 2. The Labute approximate surface area is 128 Å². The summed E-state index contributed by atoms with van der Waals surface area (Å²) >= 11 is 3.76. The lowest BCUT2D eigenvalue weighted by molar-refractivity contribution is 0.143. The fourth-order valence-electron chi connectivity index (χ4n) is 3.72. The molecule has 2 fully saturated rings. The van der Waals surface area contributed by atoms with Gasteiger partial charge in [0.2, 0.25) is 0 Å². The Morgan fingerprint density at radius 1 is 1.05 bits per heavy atom. The summed E-state index contributed by atoms with van der Waals surface area (Å²) in [5.74, 6) is 0. The van der Waals surface area contributed by atoms with E-state index in [2.05, 4.69) is 39.6 Å². The molecule has 19 heavy (non-hydrogen) atoms. The average molecular weight is 331 g/mol. The van der Waals surface area contributed by atoms with Crippen LogP contribution in [-0.4, -0.2) is 53.9 Å². The first-order valence-corrected chi connectivity index (χ1v) is 9.37. The van der Waals surface area contributed by atoms with Crippen LogP contribution in [0.2, 0.25) is 0 Å². The summed E-state index contributed by atoms with van der Waals surface area (Å²) < 4.78 is 0. The molecule has 0 saturated carbocycles. The van der Waals surface area contributed by atoms with Crippen LogP contribution in [0.3, 0.4) is 0 Å². The third-order valence-corrected chi connectivity index (χ3v) is 6.69. The molecule has 0 aromatic heterocycles. The number of likely N-dealkylation sites (tertiary alicyclic amines) is 2. The largest absolute Gasteiger partial charge is 0.301 e. The van der Waals surface area contributed by atoms with Crippen LogP contribution in [0.15, 0.2) is 0 Å². The van der Waals surface area contributed by atoms with Crippen molar-refractivity contribution in [2.24, 2.45) is 5.41 Å². The van der Waals surface area contributed by atoms with Gasteiger partial charge in [-0.25, -0.2) is 0 Å². The molecule has 0 amide bonds. The van der Waals surface area contributed by atoms with E-state index in [-0.39, 0.29) is 0 Å². The SMILES string of the molecule is CCC(CC)(CBr)CN1CCC(N2CCCCC2)C1. The molecule has 0 aromatic rings. The van der Waals surface area contributed by atoms with Gasteiger partial charge >= 0.3 is 0 Å². The van der Waals surface area contributed by atoms with Crippen LogP contribution in [0.4, 0.5) is 0 Å². The molecule has 2 aliphatic rings. The molecule has 1 unspecified atom stereocenters. The van der Waals surface area contributed by atoms with Gasteiger partial charge < -0.3 is 4.90 Å². The topological polar surface area (TPSA) is 6.48 Å². The van der Waals surface area contributed by atoms with E-state index < -0.39 is 0 Å². The standard InChI is InChI=1S/C16H31BrN2/c1-3-16(4-2,13-17)14-18-11-8-15(12-18)19-9-6-5-7-10-19/h15H,3-14H2,1-2H3. The molecule has 0 spiro atoms. The maximum atomic E-state index is 3.76. The van der Waals surface area contributed by atoms with Gasteiger partial charge in [-0.15, -0.1) is 0 Å². The molecule has 2 aliphatic heterocycles. The zero-order valence-electron chi connectivity index (χ0n) is 12.8. The van der Waals surface area contributed by atoms with Gasteiger partial charge in [-0.1, -0.05) is 36.2 Å². The van der Waals surface area contributed by atoms with Crippen molar-refractivity contribution >= 4 is 15.9 Å². The fraction of sp³-hybridized carbons (Fsp3) is 1.00. The minimum atomic E-state index is 0.497. The summed E-state index contributed by atoms with van der Waals surface area (Å²) in [5.41, 5.74) is 0.497. The molecule has 2 saturated heterocycles. The Hall–Kier alpha value is 0.400. The molecular weight excluding hydrogens is 300 g/mol. The van der Waals surface area contributed by atoms with Crippen LogP contribution in [-0.2, 0) is 0 Å². The van der Waals surface area contributed by atoms with Gasteiger partial charge in [-0.3, -0.25) is 4.90 Å². The van der Waals surface area contributed by atoms with Gasteiger partial charge in [0.25, 0.3) is 0 Å². The van der Waals surface area contributed by atoms with E-state index in [1.54, 1.807) is 0 Å². The highest BCUT2D eigenvalue weighted by Crippen LogP contribution is 2.32. The van der Waals surface area contributed by atoms with E-state index in [9.17, 15) is 0 Å². The maximum Gasteiger partial charge on any atom is 0.0235 e. The van der Waals surface area contributed by atoms with Crippen LogP contribution in [0, 0.1) is 5.41 Å². The second-order valence-corrected chi connectivity index (χ2v) is 7.18. The minimum absolute atomic E-state index is 0.497. The van der Waals surface area contributed by atoms with Crippen molar-refractivity contribution in [3.05, 3.63) is 0 Å². The monoisotopic (exact) mass is 330 g/mol. The van der Waals surface area contributed by atoms with Crippen molar-refractivity contribution in [2.45, 2.75) is 58.4 Å². The normalized spacial score (nSPS) is 27.0. The van der Waals surface area contributed by atoms with Crippen LogP contribution in [0.25, 0.3) is 0 Å². The maximum absolute atomic E-state index is 3.76. The summed E-state index contributed by atoms with van der Waals surface area (Å²) in [6.45, 7) is 11.3. The van der Waals surface area contributed by atoms with E-state index in [1.165, 1.54) is 71.2 Å². The molecule has 0 aliphatic carbocycles. The van der Waals surface area contributed by atoms with Gasteiger partial charge in [0, 0.05) is 24.5 Å². The smallest absolute Gasteiger partial charge is 0.0235 e. The lowest BCUT2D eigenvalue weighted by atomic mass is 9.84. The zero-order valence-corrected chi connectivity index (χ0v) is 14.4. The number of hydrogen-bond acceptors (Lipinski definition) is 2. The summed E-state index contributed by atoms with van der Waals surface area (Å²) in [6, 6.07) is 0.849. The molecule has 2 nitrogen and oxygen atoms in total. The van der Waals surface area contributed by atoms with Crippen molar-refractivity contribution in [1.82, 2.24) is 9.80 Å². The Kier molecular flexibility index (Phi) is 6.16. The van der Waals surface area contributed by atoms with E-state index >= 15 is 0 Å². The Morgan fingerprint density at radius 3 is 2.32 bits per heavy atom. The van der Waals surface area contributed by atoms with E-state index in [4.69, 9.17) is 0 Å². The third kappa shape index (κ3) is 3.95. The van der Waals surface area contributed by atoms with Crippen molar-refractivity contribution in [3.8, 4) is 0 Å². The van der Waals surface area contributed by atoms with E-state index in [0.29, 0.717) is 5.41 Å². The van der Waals surface area contributed by atoms with Gasteiger partial charge in [0.15, 0.2) is 0 Å². The highest BCUT2D eigenvalue weighted by molar-refractivity contribution is 9.09. The molecule has 1 atom stereocenters. The van der Waals surface area contributed by atoms with E-state index in [1.807, 2.05) is 0 Å². The first-order chi connectivity index (χ1) is 9.23. The predicted octanol–water partition coefficient (Wildman–Crippen LogP) is 3.75. The minimum Gasteiger partial charge on any atom is -0.301 e. The van der Waals surface area contributed by atoms with E-state index in [0.717, 1.165) is 11.4 Å². The predicted molar refractivity (Wildman–Crippen MR) is 87.1 cm³/mol. The molecular formula is C16H31BrN2. The first-order valence-electron chi connectivity index (χ1n) is 8.25. The van der Waals surface area contributed by atoms with Crippen molar-refractivity contribution in [1.29, 1.82) is 0 Å². The van der Waals surface area contributed by atoms with Crippen LogP contribution >= 0.6 is 15.9 Å². The van der Waals surface area contributed by atoms with Crippen LogP contribution in [0.5, 0.6) is 0 Å². The number of halogens is 1. The summed E-state index contributed by atoms with van der Waals surface area (Å²) in [7, 11) is 0. The number of piperidine rings is 1. The number of hydrogen-bond donors (Lipinski definition) is 0. The Balaban J connectivity index is 1.83. The number of rotatable bonds is 6. The van der Waals surface area contributed by atoms with Crippen molar-refractivity contribution in [2.75, 3.05) is 38.1 Å². The lowest BCUT2D eigenvalue weighted by Crippen LogP contribution is -2.43. The molecule has 2 heterocycles. The fourth-order valence-corrected chi connectivity index (χ4v) is 4.69. The van der Waals surface area contributed by atoms with Gasteiger partial charge in [-0.05, 0) is 57.2 Å². The molecule has 0 aromatic carbocycles. The zero-order chi connectivity index (χ0) is 13.7. The van der Waals surface area contributed by atoms with Crippen molar-refractivity contribution < 1.29 is 0 Å². The van der Waals surface area contributed by atoms with Crippen LogP contribution in [0.1, 0.15) is 52.4 Å². The second-order valence-electron chi connectivity index (χ2n) is 6.61. The highest BCUT2D eigenvalue weighted by atomic mass is 79.9. The summed E-state index contributed by atoms with van der Waals surface area (Å²) in [5, 5.41) is 1.15. The number of alkyl halides is 1. The average Bonchev–Trinajstić information content (AvgIpc) is 2.94. The van der Waals surface area contributed by atoms with Gasteiger partial charge in [0.05, 0.1) is 0 Å². The molecule has 2 rings (SSSR count). The molecule has 0 radical (unpaired) electrons. The first kappa shape index (κ1) is 15.8. The summed E-state index contributed by atoms with van der Waals surface area (Å²) in [4.78, 5) is 5.49. The third-order valence-electron chi connectivity index (χ3n) is 5.50. The van der Waals surface area contributed by atoms with Crippen LogP contribution < -0.4 is 0 Å². The second kappa shape index (κ2) is 7.42. The molecule has 3 heteroatoms.